The van der Waals surface area contributed by atoms with E-state index in [0.717, 1.165) is 4.90 Å². The topological polar surface area (TPSA) is 93.5 Å². The highest BCUT2D eigenvalue weighted by Crippen LogP contribution is 2.29. The predicted molar refractivity (Wildman–Crippen MR) is 90.5 cm³/mol. The molecule has 0 atom stereocenters. The number of ether oxygens (including phenoxy) is 1. The Morgan fingerprint density at radius 3 is 2.65 bits per heavy atom. The fraction of sp³-hybridized carbons (Fsp3) is 0.133. The van der Waals surface area contributed by atoms with Crippen molar-refractivity contribution in [3.8, 4) is 5.75 Å². The second-order valence-electron chi connectivity index (χ2n) is 4.45. The Morgan fingerprint density at radius 1 is 1.22 bits per heavy atom. The van der Waals surface area contributed by atoms with Gasteiger partial charge in [0.05, 0.1) is 17.7 Å². The van der Waals surface area contributed by atoms with Crippen LogP contribution in [0.5, 0.6) is 5.75 Å². The van der Waals surface area contributed by atoms with Gasteiger partial charge in [0.1, 0.15) is 5.75 Å². The van der Waals surface area contributed by atoms with Crippen LogP contribution in [-0.2, 0) is 0 Å². The number of methoxy groups -OCH3 is 1. The second kappa shape index (κ2) is 7.50. The van der Waals surface area contributed by atoms with Crippen LogP contribution in [0.15, 0.2) is 47.4 Å². The lowest BCUT2D eigenvalue weighted by atomic mass is 10.2. The first-order chi connectivity index (χ1) is 11.0. The lowest BCUT2D eigenvalue weighted by molar-refractivity contribution is -0.384. The van der Waals surface area contributed by atoms with Gasteiger partial charge in [-0.15, -0.1) is 11.8 Å². The largest absolute Gasteiger partial charge is 0.495 e. The summed E-state index contributed by atoms with van der Waals surface area (Å²) in [4.78, 5) is 23.4. The number of urea groups is 1. The van der Waals surface area contributed by atoms with Crippen molar-refractivity contribution in [2.75, 3.05) is 24.0 Å². The summed E-state index contributed by atoms with van der Waals surface area (Å²) in [5.74, 6) is 0.337. The van der Waals surface area contributed by atoms with E-state index in [4.69, 9.17) is 4.74 Å². The van der Waals surface area contributed by atoms with Crippen molar-refractivity contribution < 1.29 is 14.5 Å². The normalized spacial score (nSPS) is 10.0. The van der Waals surface area contributed by atoms with Gasteiger partial charge in [0.2, 0.25) is 0 Å². The highest BCUT2D eigenvalue weighted by molar-refractivity contribution is 7.98. The third kappa shape index (κ3) is 4.36. The SMILES string of the molecule is COc1ccc([N+](=O)[O-])cc1NC(=O)Nc1cccc(SC)c1. The molecule has 8 heteroatoms. The van der Waals surface area contributed by atoms with Gasteiger partial charge >= 0.3 is 6.03 Å². The van der Waals surface area contributed by atoms with Crippen molar-refractivity contribution in [3.05, 3.63) is 52.6 Å². The summed E-state index contributed by atoms with van der Waals surface area (Å²) in [6.45, 7) is 0. The van der Waals surface area contributed by atoms with Crippen LogP contribution in [0, 0.1) is 10.1 Å². The number of hydrogen-bond acceptors (Lipinski definition) is 5. The molecule has 0 aliphatic heterocycles. The molecule has 0 fully saturated rings. The molecule has 0 heterocycles. The number of benzene rings is 2. The Hall–Kier alpha value is -2.74. The standard InChI is InChI=1S/C15H15N3O4S/c1-22-14-7-6-11(18(20)21)9-13(14)17-15(19)16-10-4-3-5-12(8-10)23-2/h3-9H,1-2H3,(H2,16,17,19). The lowest BCUT2D eigenvalue weighted by Gasteiger charge is -2.11. The fourth-order valence-corrected chi connectivity index (χ4v) is 2.35. The summed E-state index contributed by atoms with van der Waals surface area (Å²) < 4.78 is 5.10. The van der Waals surface area contributed by atoms with Gasteiger partial charge in [0.15, 0.2) is 0 Å². The number of carbonyl (C=O) groups excluding carboxylic acids is 1. The Balaban J connectivity index is 2.15. The first-order valence-electron chi connectivity index (χ1n) is 6.58. The smallest absolute Gasteiger partial charge is 0.323 e. The van der Waals surface area contributed by atoms with Crippen molar-refractivity contribution in [1.82, 2.24) is 0 Å². The second-order valence-corrected chi connectivity index (χ2v) is 5.33. The molecule has 120 valence electrons. The molecule has 23 heavy (non-hydrogen) atoms. The van der Waals surface area contributed by atoms with Crippen LogP contribution in [-0.4, -0.2) is 24.3 Å². The molecule has 0 radical (unpaired) electrons. The average Bonchev–Trinajstić information content (AvgIpc) is 2.54. The van der Waals surface area contributed by atoms with E-state index in [2.05, 4.69) is 10.6 Å². The van der Waals surface area contributed by atoms with E-state index in [1.165, 1.54) is 25.3 Å². The zero-order valence-corrected chi connectivity index (χ0v) is 13.3. The molecular formula is C15H15N3O4S. The first-order valence-corrected chi connectivity index (χ1v) is 7.80. The van der Waals surface area contributed by atoms with E-state index in [1.807, 2.05) is 24.5 Å². The van der Waals surface area contributed by atoms with E-state index in [1.54, 1.807) is 17.8 Å². The molecule has 0 aliphatic rings. The number of non-ortho nitro benzene ring substituents is 1. The van der Waals surface area contributed by atoms with Crippen LogP contribution in [0.1, 0.15) is 0 Å². The predicted octanol–water partition coefficient (Wildman–Crippen LogP) is 3.97. The summed E-state index contributed by atoms with van der Waals surface area (Å²) >= 11 is 1.56. The molecule has 2 aromatic rings. The molecule has 0 aliphatic carbocycles. The maximum absolute atomic E-state index is 12.1. The Bertz CT molecular complexity index is 736. The molecule has 2 aromatic carbocycles. The minimum absolute atomic E-state index is 0.134. The number of anilines is 2. The molecule has 0 aromatic heterocycles. The van der Waals surface area contributed by atoms with Gasteiger partial charge in [-0.25, -0.2) is 4.79 Å². The number of nitrogens with zero attached hydrogens (tertiary/aromatic N) is 1. The quantitative estimate of drug-likeness (QED) is 0.490. The van der Waals surface area contributed by atoms with E-state index in [-0.39, 0.29) is 11.4 Å². The summed E-state index contributed by atoms with van der Waals surface area (Å²) in [5.41, 5.74) is 0.712. The molecule has 0 saturated heterocycles. The molecule has 2 N–H and O–H groups in total. The number of nitro benzene ring substituents is 1. The van der Waals surface area contributed by atoms with Gasteiger partial charge in [-0.3, -0.25) is 10.1 Å². The van der Waals surface area contributed by atoms with Gasteiger partial charge in [0, 0.05) is 22.7 Å². The molecule has 2 rings (SSSR count). The summed E-state index contributed by atoms with van der Waals surface area (Å²) in [5, 5.41) is 16.1. The minimum Gasteiger partial charge on any atom is -0.495 e. The number of rotatable bonds is 5. The number of thioether (sulfide) groups is 1. The van der Waals surface area contributed by atoms with E-state index >= 15 is 0 Å². The summed E-state index contributed by atoms with van der Waals surface area (Å²) in [6, 6.07) is 10.8. The highest BCUT2D eigenvalue weighted by atomic mass is 32.2. The van der Waals surface area contributed by atoms with Gasteiger partial charge < -0.3 is 15.4 Å². The van der Waals surface area contributed by atoms with Crippen LogP contribution in [0.2, 0.25) is 0 Å². The molecule has 0 bridgehead atoms. The van der Waals surface area contributed by atoms with Crippen molar-refractivity contribution >= 4 is 34.9 Å². The van der Waals surface area contributed by atoms with Gasteiger partial charge in [-0.2, -0.15) is 0 Å². The molecule has 0 unspecified atom stereocenters. The first kappa shape index (κ1) is 16.6. The van der Waals surface area contributed by atoms with Crippen LogP contribution < -0.4 is 15.4 Å². The zero-order valence-electron chi connectivity index (χ0n) is 12.5. The van der Waals surface area contributed by atoms with Gasteiger partial charge in [-0.05, 0) is 30.5 Å². The van der Waals surface area contributed by atoms with Crippen molar-refractivity contribution in [3.63, 3.8) is 0 Å². The number of nitro groups is 1. The zero-order chi connectivity index (χ0) is 16.8. The average molecular weight is 333 g/mol. The lowest BCUT2D eigenvalue weighted by Crippen LogP contribution is -2.19. The Kier molecular flexibility index (Phi) is 5.42. The number of hydrogen-bond donors (Lipinski definition) is 2. The Labute approximate surface area is 137 Å². The van der Waals surface area contributed by atoms with E-state index in [0.29, 0.717) is 11.4 Å². The van der Waals surface area contributed by atoms with Crippen LogP contribution >= 0.6 is 11.8 Å². The molecule has 0 saturated carbocycles. The molecular weight excluding hydrogens is 318 g/mol. The van der Waals surface area contributed by atoms with Crippen molar-refractivity contribution in [1.29, 1.82) is 0 Å². The third-order valence-corrected chi connectivity index (χ3v) is 3.70. The van der Waals surface area contributed by atoms with Crippen molar-refractivity contribution in [2.24, 2.45) is 0 Å². The number of carbonyl (C=O) groups is 1. The van der Waals surface area contributed by atoms with Gasteiger partial charge in [0.25, 0.3) is 5.69 Å². The minimum atomic E-state index is -0.537. The third-order valence-electron chi connectivity index (χ3n) is 2.97. The highest BCUT2D eigenvalue weighted by Gasteiger charge is 2.13. The van der Waals surface area contributed by atoms with E-state index < -0.39 is 11.0 Å². The van der Waals surface area contributed by atoms with Crippen molar-refractivity contribution in [2.45, 2.75) is 4.90 Å². The van der Waals surface area contributed by atoms with E-state index in [9.17, 15) is 14.9 Å². The maximum Gasteiger partial charge on any atom is 0.323 e. The van der Waals surface area contributed by atoms with Crippen LogP contribution in [0.25, 0.3) is 0 Å². The Morgan fingerprint density at radius 2 is 2.00 bits per heavy atom. The monoisotopic (exact) mass is 333 g/mol. The molecule has 0 spiro atoms. The van der Waals surface area contributed by atoms with Gasteiger partial charge in [-0.1, -0.05) is 6.07 Å². The van der Waals surface area contributed by atoms with Crippen LogP contribution in [0.3, 0.4) is 0 Å². The molecule has 2 amide bonds. The number of nitrogens with one attached hydrogen (secondary N) is 2. The fourth-order valence-electron chi connectivity index (χ4n) is 1.89. The molecule has 7 nitrogen and oxygen atoms in total. The summed E-state index contributed by atoms with van der Waals surface area (Å²) in [6.07, 6.45) is 1.94. The van der Waals surface area contributed by atoms with Crippen LogP contribution in [0.4, 0.5) is 21.9 Å². The number of amides is 2. The maximum atomic E-state index is 12.1. The summed E-state index contributed by atoms with van der Waals surface area (Å²) in [7, 11) is 1.42.